The number of ether oxygens (including phenoxy) is 2. The summed E-state index contributed by atoms with van der Waals surface area (Å²) in [7, 11) is 0. The summed E-state index contributed by atoms with van der Waals surface area (Å²) in [6.07, 6.45) is 2.42. The second-order valence-electron chi connectivity index (χ2n) is 3.22. The van der Waals surface area contributed by atoms with E-state index in [4.69, 9.17) is 21.1 Å². The van der Waals surface area contributed by atoms with Crippen molar-refractivity contribution in [3.05, 3.63) is 17.3 Å². The molecule has 2 rings (SSSR count). The van der Waals surface area contributed by atoms with Crippen LogP contribution in [0.3, 0.4) is 0 Å². The Morgan fingerprint density at radius 1 is 1.47 bits per heavy atom. The van der Waals surface area contributed by atoms with Gasteiger partial charge in [-0.2, -0.15) is 9.37 Å². The van der Waals surface area contributed by atoms with Crippen LogP contribution in [-0.2, 0) is 4.74 Å². The zero-order valence-electron chi connectivity index (χ0n) is 7.95. The molecule has 1 aliphatic heterocycles. The van der Waals surface area contributed by atoms with Crippen molar-refractivity contribution in [2.24, 2.45) is 0 Å². The van der Waals surface area contributed by atoms with Crippen molar-refractivity contribution in [3.63, 3.8) is 0 Å². The molecule has 1 aliphatic rings. The molecule has 0 radical (unpaired) electrons. The van der Waals surface area contributed by atoms with Gasteiger partial charge in [-0.3, -0.25) is 0 Å². The van der Waals surface area contributed by atoms with Gasteiger partial charge in [0, 0.05) is 12.8 Å². The van der Waals surface area contributed by atoms with Crippen LogP contribution in [0, 0.1) is 5.82 Å². The highest BCUT2D eigenvalue weighted by atomic mass is 35.5. The van der Waals surface area contributed by atoms with E-state index < -0.39 is 5.82 Å². The van der Waals surface area contributed by atoms with Crippen LogP contribution in [0.2, 0.25) is 5.28 Å². The molecule has 0 unspecified atom stereocenters. The molecule has 0 aliphatic carbocycles. The summed E-state index contributed by atoms with van der Waals surface area (Å²) in [5.74, 6) is -0.673. The SMILES string of the molecule is Fc1cnc(Cl)nc1OC1CCOCC1. The molecule has 6 heteroatoms. The predicted molar refractivity (Wildman–Crippen MR) is 51.5 cm³/mol. The Labute approximate surface area is 91.4 Å². The highest BCUT2D eigenvalue weighted by Gasteiger charge is 2.18. The third kappa shape index (κ3) is 2.76. The monoisotopic (exact) mass is 232 g/mol. The van der Waals surface area contributed by atoms with Crippen molar-refractivity contribution in [2.75, 3.05) is 13.2 Å². The van der Waals surface area contributed by atoms with Crippen LogP contribution in [0.5, 0.6) is 5.88 Å². The summed E-state index contributed by atoms with van der Waals surface area (Å²) in [6.45, 7) is 1.26. The van der Waals surface area contributed by atoms with E-state index in [-0.39, 0.29) is 17.3 Å². The number of nitrogens with zero attached hydrogens (tertiary/aromatic N) is 2. The Morgan fingerprint density at radius 2 is 2.20 bits per heavy atom. The molecule has 0 amide bonds. The average molecular weight is 233 g/mol. The summed E-state index contributed by atoms with van der Waals surface area (Å²) < 4.78 is 23.7. The maximum atomic E-state index is 13.2. The lowest BCUT2D eigenvalue weighted by Gasteiger charge is -2.22. The first kappa shape index (κ1) is 10.6. The van der Waals surface area contributed by atoms with Gasteiger partial charge in [-0.25, -0.2) is 4.98 Å². The highest BCUT2D eigenvalue weighted by Crippen LogP contribution is 2.19. The quantitative estimate of drug-likeness (QED) is 0.730. The minimum Gasteiger partial charge on any atom is -0.472 e. The number of halogens is 2. The zero-order valence-corrected chi connectivity index (χ0v) is 8.71. The molecule has 2 heterocycles. The van der Waals surface area contributed by atoms with E-state index in [9.17, 15) is 4.39 Å². The fourth-order valence-electron chi connectivity index (χ4n) is 1.37. The van der Waals surface area contributed by atoms with Crippen molar-refractivity contribution >= 4 is 11.6 Å². The second-order valence-corrected chi connectivity index (χ2v) is 3.56. The molecule has 0 spiro atoms. The van der Waals surface area contributed by atoms with Gasteiger partial charge in [0.15, 0.2) is 0 Å². The second kappa shape index (κ2) is 4.72. The first-order chi connectivity index (χ1) is 7.25. The van der Waals surface area contributed by atoms with Gasteiger partial charge in [0.2, 0.25) is 11.1 Å². The van der Waals surface area contributed by atoms with E-state index in [2.05, 4.69) is 9.97 Å². The van der Waals surface area contributed by atoms with Crippen molar-refractivity contribution in [1.82, 2.24) is 9.97 Å². The van der Waals surface area contributed by atoms with Crippen molar-refractivity contribution in [1.29, 1.82) is 0 Å². The van der Waals surface area contributed by atoms with Crippen molar-refractivity contribution < 1.29 is 13.9 Å². The molecule has 1 aromatic rings. The molecule has 0 N–H and O–H groups in total. The van der Waals surface area contributed by atoms with Crippen LogP contribution in [0.4, 0.5) is 4.39 Å². The maximum absolute atomic E-state index is 13.2. The molecular weight excluding hydrogens is 223 g/mol. The Morgan fingerprint density at radius 3 is 2.93 bits per heavy atom. The number of hydrogen-bond donors (Lipinski definition) is 0. The molecule has 0 atom stereocenters. The van der Waals surface area contributed by atoms with Crippen LogP contribution in [0.1, 0.15) is 12.8 Å². The summed E-state index contributed by atoms with van der Waals surface area (Å²) in [6, 6.07) is 0. The molecule has 4 nitrogen and oxygen atoms in total. The molecular formula is C9H10ClFN2O2. The summed E-state index contributed by atoms with van der Waals surface area (Å²) in [5.41, 5.74) is 0. The van der Waals surface area contributed by atoms with E-state index in [1.54, 1.807) is 0 Å². The normalized spacial score (nSPS) is 17.7. The van der Waals surface area contributed by atoms with E-state index in [1.807, 2.05) is 0 Å². The topological polar surface area (TPSA) is 44.2 Å². The van der Waals surface area contributed by atoms with Crippen LogP contribution in [-0.4, -0.2) is 29.3 Å². The summed E-state index contributed by atoms with van der Waals surface area (Å²) in [5, 5.41) is -0.0153. The summed E-state index contributed by atoms with van der Waals surface area (Å²) in [4.78, 5) is 7.19. The van der Waals surface area contributed by atoms with Crippen LogP contribution < -0.4 is 4.74 Å². The molecule has 15 heavy (non-hydrogen) atoms. The molecule has 1 fully saturated rings. The fraction of sp³-hybridized carbons (Fsp3) is 0.556. The smallest absolute Gasteiger partial charge is 0.255 e. The molecule has 1 aromatic heterocycles. The number of rotatable bonds is 2. The van der Waals surface area contributed by atoms with Crippen LogP contribution >= 0.6 is 11.6 Å². The molecule has 1 saturated heterocycles. The van der Waals surface area contributed by atoms with Crippen molar-refractivity contribution in [3.8, 4) is 5.88 Å². The third-order valence-electron chi connectivity index (χ3n) is 2.13. The lowest BCUT2D eigenvalue weighted by Crippen LogP contribution is -2.26. The van der Waals surface area contributed by atoms with Gasteiger partial charge in [-0.15, -0.1) is 0 Å². The largest absolute Gasteiger partial charge is 0.472 e. The first-order valence-electron chi connectivity index (χ1n) is 4.68. The highest BCUT2D eigenvalue weighted by molar-refractivity contribution is 6.28. The minimum atomic E-state index is -0.592. The van der Waals surface area contributed by atoms with E-state index in [0.29, 0.717) is 13.2 Å². The molecule has 0 aromatic carbocycles. The van der Waals surface area contributed by atoms with Gasteiger partial charge in [0.1, 0.15) is 6.10 Å². The standard InChI is InChI=1S/C9H10ClFN2O2/c10-9-12-5-7(11)8(13-9)15-6-1-3-14-4-2-6/h5-6H,1-4H2. The van der Waals surface area contributed by atoms with Crippen LogP contribution in [0.25, 0.3) is 0 Å². The predicted octanol–water partition coefficient (Wildman–Crippen LogP) is 1.83. The van der Waals surface area contributed by atoms with Gasteiger partial charge >= 0.3 is 0 Å². The third-order valence-corrected chi connectivity index (χ3v) is 2.31. The lowest BCUT2D eigenvalue weighted by atomic mass is 10.2. The molecule has 82 valence electrons. The number of hydrogen-bond acceptors (Lipinski definition) is 4. The van der Waals surface area contributed by atoms with Gasteiger partial charge in [-0.05, 0) is 11.6 Å². The Kier molecular flexibility index (Phi) is 3.33. The Bertz CT molecular complexity index is 345. The van der Waals surface area contributed by atoms with Gasteiger partial charge in [0.05, 0.1) is 19.4 Å². The zero-order chi connectivity index (χ0) is 10.7. The Balaban J connectivity index is 2.05. The van der Waals surface area contributed by atoms with E-state index in [1.165, 1.54) is 0 Å². The Hall–Kier alpha value is -0.940. The van der Waals surface area contributed by atoms with Gasteiger partial charge in [0.25, 0.3) is 5.88 Å². The molecule has 0 saturated carbocycles. The number of aromatic nitrogens is 2. The first-order valence-corrected chi connectivity index (χ1v) is 5.06. The fourth-order valence-corrected chi connectivity index (χ4v) is 1.49. The van der Waals surface area contributed by atoms with E-state index >= 15 is 0 Å². The maximum Gasteiger partial charge on any atom is 0.255 e. The molecule has 0 bridgehead atoms. The summed E-state index contributed by atoms with van der Waals surface area (Å²) >= 11 is 5.54. The van der Waals surface area contributed by atoms with E-state index in [0.717, 1.165) is 19.0 Å². The average Bonchev–Trinajstić information content (AvgIpc) is 2.25. The van der Waals surface area contributed by atoms with Gasteiger partial charge in [-0.1, -0.05) is 0 Å². The lowest BCUT2D eigenvalue weighted by molar-refractivity contribution is 0.0219. The van der Waals surface area contributed by atoms with Gasteiger partial charge < -0.3 is 9.47 Å². The van der Waals surface area contributed by atoms with Crippen LogP contribution in [0.15, 0.2) is 6.20 Å². The van der Waals surface area contributed by atoms with Crippen molar-refractivity contribution in [2.45, 2.75) is 18.9 Å². The minimum absolute atomic E-state index is 0.0153.